The molecular weight excluding hydrogens is 246 g/mol. The van der Waals surface area contributed by atoms with Crippen LogP contribution >= 0.6 is 0 Å². The Balaban J connectivity index is 2.09. The third kappa shape index (κ3) is 2.94. The van der Waals surface area contributed by atoms with Gasteiger partial charge in [-0.25, -0.2) is 0 Å². The minimum Gasteiger partial charge on any atom is -0.591 e. The molecule has 0 spiro atoms. The second kappa shape index (κ2) is 5.16. The van der Waals surface area contributed by atoms with Crippen LogP contribution in [0.2, 0.25) is 0 Å². The lowest BCUT2D eigenvalue weighted by atomic mass is 10.1. The average Bonchev–Trinajstić information content (AvgIpc) is 2.71. The van der Waals surface area contributed by atoms with Crippen molar-refractivity contribution in [3.63, 3.8) is 0 Å². The Hall–Kier alpha value is -1.26. The van der Waals surface area contributed by atoms with Gasteiger partial charge in [-0.05, 0) is 26.8 Å². The molecule has 0 amide bonds. The number of furan rings is 1. The summed E-state index contributed by atoms with van der Waals surface area (Å²) in [6, 6.07) is 7.87. The highest BCUT2D eigenvalue weighted by Crippen LogP contribution is 2.21. The first kappa shape index (κ1) is 13.2. The van der Waals surface area contributed by atoms with E-state index in [9.17, 15) is 4.55 Å². The van der Waals surface area contributed by atoms with E-state index in [1.165, 1.54) is 0 Å². The van der Waals surface area contributed by atoms with Crippen LogP contribution in [-0.4, -0.2) is 15.5 Å². The van der Waals surface area contributed by atoms with Gasteiger partial charge in [0.1, 0.15) is 21.7 Å². The lowest BCUT2D eigenvalue weighted by molar-refractivity contribution is 0.561. The van der Waals surface area contributed by atoms with Gasteiger partial charge < -0.3 is 8.97 Å². The molecule has 0 bridgehead atoms. The van der Waals surface area contributed by atoms with Crippen LogP contribution in [0.4, 0.5) is 0 Å². The smallest absolute Gasteiger partial charge is 0.144 e. The summed E-state index contributed by atoms with van der Waals surface area (Å²) in [5, 5.41) is 1.09. The standard InChI is InChI=1S/C14H17NO2S/c1-14(2,3)18(16)15-9-8-11-10-17-13-7-5-4-6-12(11)13/h4-7,9-10H,8H2,1-3H3/t18-/m1/s1. The van der Waals surface area contributed by atoms with Crippen molar-refractivity contribution in [3.8, 4) is 0 Å². The van der Waals surface area contributed by atoms with E-state index in [1.807, 2.05) is 45.0 Å². The Morgan fingerprint density at radius 1 is 1.33 bits per heavy atom. The lowest BCUT2D eigenvalue weighted by Gasteiger charge is -2.17. The molecule has 2 aromatic rings. The largest absolute Gasteiger partial charge is 0.591 e. The van der Waals surface area contributed by atoms with Crippen molar-refractivity contribution in [2.45, 2.75) is 31.9 Å². The summed E-state index contributed by atoms with van der Waals surface area (Å²) in [7, 11) is 0. The number of rotatable bonds is 3. The molecule has 0 saturated heterocycles. The van der Waals surface area contributed by atoms with E-state index in [1.54, 1.807) is 12.5 Å². The van der Waals surface area contributed by atoms with Crippen LogP contribution in [-0.2, 0) is 17.8 Å². The van der Waals surface area contributed by atoms with Crippen molar-refractivity contribution >= 4 is 28.5 Å². The van der Waals surface area contributed by atoms with Crippen molar-refractivity contribution in [2.75, 3.05) is 0 Å². The van der Waals surface area contributed by atoms with Gasteiger partial charge in [0.2, 0.25) is 0 Å². The molecule has 0 aliphatic heterocycles. The minimum absolute atomic E-state index is 0.311. The van der Waals surface area contributed by atoms with Gasteiger partial charge in [0.25, 0.3) is 0 Å². The fourth-order valence-corrected chi connectivity index (χ4v) is 2.08. The third-order valence-electron chi connectivity index (χ3n) is 2.57. The van der Waals surface area contributed by atoms with Gasteiger partial charge in [-0.15, -0.1) is 0 Å². The number of para-hydroxylation sites is 1. The van der Waals surface area contributed by atoms with Crippen LogP contribution < -0.4 is 0 Å². The number of hydrogen-bond acceptors (Lipinski definition) is 3. The summed E-state index contributed by atoms with van der Waals surface area (Å²) >= 11 is -1.19. The van der Waals surface area contributed by atoms with E-state index in [4.69, 9.17) is 4.42 Å². The highest BCUT2D eigenvalue weighted by Gasteiger charge is 2.25. The minimum atomic E-state index is -1.19. The average molecular weight is 263 g/mol. The summed E-state index contributed by atoms with van der Waals surface area (Å²) in [4.78, 5) is 0. The molecule has 0 fully saturated rings. The Morgan fingerprint density at radius 3 is 2.78 bits per heavy atom. The van der Waals surface area contributed by atoms with Crippen LogP contribution in [0.15, 0.2) is 39.3 Å². The number of hydrogen-bond donors (Lipinski definition) is 0. The molecule has 0 aliphatic carbocycles. The summed E-state index contributed by atoms with van der Waals surface area (Å²) in [6.45, 7) is 5.73. The highest BCUT2D eigenvalue weighted by molar-refractivity contribution is 7.91. The van der Waals surface area contributed by atoms with Gasteiger partial charge in [0, 0.05) is 17.4 Å². The van der Waals surface area contributed by atoms with Crippen molar-refractivity contribution in [1.29, 1.82) is 0 Å². The number of fused-ring (bicyclic) bond motifs is 1. The van der Waals surface area contributed by atoms with Crippen LogP contribution in [0.3, 0.4) is 0 Å². The van der Waals surface area contributed by atoms with E-state index in [-0.39, 0.29) is 4.75 Å². The predicted molar refractivity (Wildman–Crippen MR) is 76.3 cm³/mol. The molecule has 1 aromatic heterocycles. The Bertz CT molecular complexity index is 554. The van der Waals surface area contributed by atoms with Crippen LogP contribution in [0, 0.1) is 0 Å². The third-order valence-corrected chi connectivity index (χ3v) is 3.95. The molecule has 1 atom stereocenters. The van der Waals surface area contributed by atoms with E-state index >= 15 is 0 Å². The normalized spacial score (nSPS) is 14.4. The Morgan fingerprint density at radius 2 is 2.06 bits per heavy atom. The molecule has 0 aliphatic rings. The van der Waals surface area contributed by atoms with Gasteiger partial charge >= 0.3 is 0 Å². The summed E-state index contributed by atoms with van der Waals surface area (Å²) < 4.78 is 21.0. The first-order chi connectivity index (χ1) is 8.48. The number of nitrogens with zero attached hydrogens (tertiary/aromatic N) is 1. The molecule has 0 N–H and O–H groups in total. The highest BCUT2D eigenvalue weighted by atomic mass is 32.2. The Kier molecular flexibility index (Phi) is 3.78. The molecule has 18 heavy (non-hydrogen) atoms. The fourth-order valence-electron chi connectivity index (χ4n) is 1.55. The van der Waals surface area contributed by atoms with Crippen molar-refractivity contribution < 1.29 is 8.97 Å². The molecule has 0 saturated carbocycles. The molecule has 0 unspecified atom stereocenters. The number of benzene rings is 1. The molecule has 0 radical (unpaired) electrons. The topological polar surface area (TPSA) is 48.6 Å². The van der Waals surface area contributed by atoms with Gasteiger partial charge in [-0.2, -0.15) is 0 Å². The maximum absolute atomic E-state index is 11.7. The maximum Gasteiger partial charge on any atom is 0.144 e. The van der Waals surface area contributed by atoms with Crippen molar-refractivity contribution in [1.82, 2.24) is 0 Å². The fraction of sp³-hybridized carbons (Fsp3) is 0.357. The lowest BCUT2D eigenvalue weighted by Crippen LogP contribution is -2.25. The molecular formula is C14H17NO2S. The molecule has 96 valence electrons. The molecule has 1 aromatic carbocycles. The zero-order valence-corrected chi connectivity index (χ0v) is 11.7. The van der Waals surface area contributed by atoms with E-state index < -0.39 is 11.4 Å². The van der Waals surface area contributed by atoms with Crippen molar-refractivity contribution in [3.05, 3.63) is 36.1 Å². The van der Waals surface area contributed by atoms with Gasteiger partial charge in [-0.3, -0.25) is 0 Å². The molecule has 3 nitrogen and oxygen atoms in total. The van der Waals surface area contributed by atoms with Crippen LogP contribution in [0.1, 0.15) is 26.3 Å². The zero-order valence-electron chi connectivity index (χ0n) is 10.8. The molecule has 2 rings (SSSR count). The molecule has 4 heteroatoms. The quantitative estimate of drug-likeness (QED) is 0.628. The van der Waals surface area contributed by atoms with Gasteiger partial charge in [0.15, 0.2) is 0 Å². The second-order valence-corrected chi connectivity index (χ2v) is 7.04. The predicted octanol–water partition coefficient (Wildman–Crippen LogP) is 3.51. The zero-order chi connectivity index (χ0) is 13.2. The first-order valence-corrected chi connectivity index (χ1v) is 6.99. The Labute approximate surface area is 110 Å². The summed E-state index contributed by atoms with van der Waals surface area (Å²) in [5.41, 5.74) is 1.94. The van der Waals surface area contributed by atoms with Crippen molar-refractivity contribution in [2.24, 2.45) is 4.40 Å². The molecule has 1 heterocycles. The van der Waals surface area contributed by atoms with E-state index in [2.05, 4.69) is 4.40 Å². The monoisotopic (exact) mass is 263 g/mol. The van der Waals surface area contributed by atoms with E-state index in [0.29, 0.717) is 6.42 Å². The van der Waals surface area contributed by atoms with E-state index in [0.717, 1.165) is 16.5 Å². The summed E-state index contributed by atoms with van der Waals surface area (Å²) in [5.74, 6) is 0. The van der Waals surface area contributed by atoms with Gasteiger partial charge in [-0.1, -0.05) is 22.6 Å². The van der Waals surface area contributed by atoms with Crippen LogP contribution in [0.5, 0.6) is 0 Å². The second-order valence-electron chi connectivity index (χ2n) is 5.11. The van der Waals surface area contributed by atoms with Crippen LogP contribution in [0.25, 0.3) is 11.0 Å². The van der Waals surface area contributed by atoms with Gasteiger partial charge in [0.05, 0.1) is 12.5 Å². The SMILES string of the molecule is CC(C)(C)[S@@+]([O-])N=CCc1coc2ccccc12. The maximum atomic E-state index is 11.7. The first-order valence-electron chi connectivity index (χ1n) is 5.88. The summed E-state index contributed by atoms with van der Waals surface area (Å²) in [6.07, 6.45) is 4.08.